The van der Waals surface area contributed by atoms with Gasteiger partial charge in [0, 0.05) is 36.5 Å². The number of nitrogens with one attached hydrogen (secondary N) is 2. The number of aromatic nitrogens is 3. The number of guanidine groups is 1. The van der Waals surface area contributed by atoms with Crippen molar-refractivity contribution >= 4 is 41.3 Å². The molecule has 2 aliphatic rings. The Balaban J connectivity index is 0.00000272. The molecule has 0 aromatic carbocycles. The summed E-state index contributed by atoms with van der Waals surface area (Å²) in [5.41, 5.74) is 0.271. The predicted molar refractivity (Wildman–Crippen MR) is 136 cm³/mol. The van der Waals surface area contributed by atoms with E-state index >= 15 is 0 Å². The maximum atomic E-state index is 6.08. The molecule has 0 saturated heterocycles. The first-order valence-corrected chi connectivity index (χ1v) is 12.0. The zero-order chi connectivity index (χ0) is 21.0. The molecule has 172 valence electrons. The van der Waals surface area contributed by atoms with Crippen LogP contribution in [0.1, 0.15) is 55.6 Å². The van der Waals surface area contributed by atoms with Gasteiger partial charge in [0.15, 0.2) is 11.8 Å². The van der Waals surface area contributed by atoms with Crippen molar-refractivity contribution in [1.29, 1.82) is 0 Å². The van der Waals surface area contributed by atoms with Gasteiger partial charge >= 0.3 is 0 Å². The second kappa shape index (κ2) is 11.1. The molecule has 2 fully saturated rings. The Morgan fingerprint density at radius 1 is 1.35 bits per heavy atom. The summed E-state index contributed by atoms with van der Waals surface area (Å²) in [5, 5.41) is 17.9. The van der Waals surface area contributed by atoms with E-state index < -0.39 is 0 Å². The smallest absolute Gasteiger partial charge is 0.191 e. The van der Waals surface area contributed by atoms with Gasteiger partial charge in [-0.25, -0.2) is 4.99 Å². The summed E-state index contributed by atoms with van der Waals surface area (Å²) in [6.07, 6.45) is 7.55. The minimum absolute atomic E-state index is 0. The average Bonchev–Trinajstić information content (AvgIpc) is 3.49. The van der Waals surface area contributed by atoms with Crippen LogP contribution in [-0.4, -0.2) is 46.0 Å². The van der Waals surface area contributed by atoms with Gasteiger partial charge in [-0.2, -0.15) is 0 Å². The fourth-order valence-electron chi connectivity index (χ4n) is 4.90. The highest BCUT2D eigenvalue weighted by Crippen LogP contribution is 2.54. The number of aryl methyl sites for hydroxylation is 1. The first-order valence-electron chi connectivity index (χ1n) is 11.2. The highest BCUT2D eigenvalue weighted by molar-refractivity contribution is 14.0. The lowest BCUT2D eigenvalue weighted by atomic mass is 9.60. The molecule has 9 heteroatoms. The fraction of sp³-hybridized carbons (Fsp3) is 0.682. The number of thiophene rings is 1. The van der Waals surface area contributed by atoms with Gasteiger partial charge in [-0.1, -0.05) is 18.9 Å². The number of aliphatic imine (C=N–C) groups is 1. The van der Waals surface area contributed by atoms with E-state index in [-0.39, 0.29) is 29.4 Å². The summed E-state index contributed by atoms with van der Waals surface area (Å²) in [5.74, 6) is 2.66. The second-order valence-electron chi connectivity index (χ2n) is 8.46. The van der Waals surface area contributed by atoms with Crippen molar-refractivity contribution < 1.29 is 4.74 Å². The van der Waals surface area contributed by atoms with Gasteiger partial charge in [0.1, 0.15) is 12.4 Å². The van der Waals surface area contributed by atoms with Gasteiger partial charge in [-0.05, 0) is 51.0 Å². The second-order valence-corrected chi connectivity index (χ2v) is 9.49. The van der Waals surface area contributed by atoms with E-state index in [2.05, 4.69) is 45.3 Å². The highest BCUT2D eigenvalue weighted by Gasteiger charge is 2.56. The molecule has 2 unspecified atom stereocenters. The molecule has 2 N–H and O–H groups in total. The summed E-state index contributed by atoms with van der Waals surface area (Å²) in [4.78, 5) is 6.26. The first-order chi connectivity index (χ1) is 14.6. The average molecular weight is 559 g/mol. The molecule has 2 aromatic rings. The maximum Gasteiger partial charge on any atom is 0.191 e. The standard InChI is InChI=1S/C22H34N6OS.HI/c1-4-29-19-14-18(22(19)10-5-6-11-22)25-21(23-12-9-17-8-7-13-30-17)24-15-20-27-26-16(2)28(20)3;/h7-8,13,18-19H,4-6,9-12,14-15H2,1-3H3,(H2,23,24,25);1H. The lowest BCUT2D eigenvalue weighted by Gasteiger charge is -2.54. The summed E-state index contributed by atoms with van der Waals surface area (Å²) >= 11 is 1.80. The van der Waals surface area contributed by atoms with Crippen molar-refractivity contribution in [3.63, 3.8) is 0 Å². The third kappa shape index (κ3) is 5.42. The van der Waals surface area contributed by atoms with Crippen molar-refractivity contribution in [3.8, 4) is 0 Å². The van der Waals surface area contributed by atoms with Gasteiger partial charge < -0.3 is 19.9 Å². The number of hydrogen-bond donors (Lipinski definition) is 2. The Kier molecular flexibility index (Phi) is 8.74. The van der Waals surface area contributed by atoms with Crippen LogP contribution in [0.2, 0.25) is 0 Å². The fourth-order valence-corrected chi connectivity index (χ4v) is 5.61. The Morgan fingerprint density at radius 2 is 2.16 bits per heavy atom. The largest absolute Gasteiger partial charge is 0.378 e. The molecule has 2 aliphatic carbocycles. The molecule has 2 heterocycles. The number of halogens is 1. The topological polar surface area (TPSA) is 76.4 Å². The van der Waals surface area contributed by atoms with Crippen LogP contribution in [0.25, 0.3) is 0 Å². The quantitative estimate of drug-likeness (QED) is 0.293. The maximum absolute atomic E-state index is 6.08. The van der Waals surface area contributed by atoms with Gasteiger partial charge in [0.05, 0.1) is 6.10 Å². The number of nitrogens with zero attached hydrogens (tertiary/aromatic N) is 4. The third-order valence-corrected chi connectivity index (χ3v) is 7.74. The van der Waals surface area contributed by atoms with Crippen molar-refractivity contribution in [2.45, 2.75) is 71.1 Å². The van der Waals surface area contributed by atoms with E-state index in [1.807, 2.05) is 18.5 Å². The van der Waals surface area contributed by atoms with Crippen molar-refractivity contribution in [1.82, 2.24) is 25.4 Å². The highest BCUT2D eigenvalue weighted by atomic mass is 127. The minimum atomic E-state index is 0. The molecule has 0 radical (unpaired) electrons. The molecular formula is C22H35IN6OS. The van der Waals surface area contributed by atoms with E-state index in [4.69, 9.17) is 9.73 Å². The van der Waals surface area contributed by atoms with Gasteiger partial charge in [-0.3, -0.25) is 0 Å². The Bertz CT molecular complexity index is 846. The molecule has 0 bridgehead atoms. The molecule has 0 aliphatic heterocycles. The molecule has 0 amide bonds. The Morgan fingerprint density at radius 3 is 2.81 bits per heavy atom. The van der Waals surface area contributed by atoms with E-state index in [1.54, 1.807) is 11.3 Å². The first kappa shape index (κ1) is 24.4. The van der Waals surface area contributed by atoms with Crippen LogP contribution in [-0.2, 0) is 24.8 Å². The molecule has 7 nitrogen and oxygen atoms in total. The van der Waals surface area contributed by atoms with Gasteiger partial charge in [-0.15, -0.1) is 45.5 Å². The van der Waals surface area contributed by atoms with Crippen molar-refractivity contribution in [3.05, 3.63) is 34.0 Å². The normalized spacial score (nSPS) is 22.2. The predicted octanol–water partition coefficient (Wildman–Crippen LogP) is 3.82. The van der Waals surface area contributed by atoms with Gasteiger partial charge in [0.25, 0.3) is 0 Å². The van der Waals surface area contributed by atoms with Crippen LogP contribution in [0.15, 0.2) is 22.5 Å². The lowest BCUT2D eigenvalue weighted by Crippen LogP contribution is -2.65. The lowest BCUT2D eigenvalue weighted by molar-refractivity contribution is -0.125. The molecule has 2 aromatic heterocycles. The Hall–Kier alpha value is -1.20. The van der Waals surface area contributed by atoms with Crippen LogP contribution in [0, 0.1) is 12.3 Å². The van der Waals surface area contributed by atoms with E-state index in [1.165, 1.54) is 30.6 Å². The number of rotatable bonds is 8. The van der Waals surface area contributed by atoms with E-state index in [9.17, 15) is 0 Å². The number of hydrogen-bond acceptors (Lipinski definition) is 5. The summed E-state index contributed by atoms with van der Waals surface area (Å²) in [7, 11) is 1.99. The molecule has 2 atom stereocenters. The van der Waals surface area contributed by atoms with Crippen molar-refractivity contribution in [2.75, 3.05) is 13.2 Å². The molecular weight excluding hydrogens is 523 g/mol. The van der Waals surface area contributed by atoms with Gasteiger partial charge in [0.2, 0.25) is 0 Å². The van der Waals surface area contributed by atoms with Crippen molar-refractivity contribution in [2.24, 2.45) is 17.5 Å². The summed E-state index contributed by atoms with van der Waals surface area (Å²) < 4.78 is 8.08. The monoisotopic (exact) mass is 558 g/mol. The van der Waals surface area contributed by atoms with Crippen LogP contribution >= 0.6 is 35.3 Å². The van der Waals surface area contributed by atoms with Crippen LogP contribution < -0.4 is 10.6 Å². The van der Waals surface area contributed by atoms with Crippen LogP contribution in [0.5, 0.6) is 0 Å². The zero-order valence-corrected chi connectivity index (χ0v) is 21.9. The van der Waals surface area contributed by atoms with Crippen LogP contribution in [0.4, 0.5) is 0 Å². The summed E-state index contributed by atoms with van der Waals surface area (Å²) in [6.45, 7) is 6.24. The third-order valence-electron chi connectivity index (χ3n) is 6.80. The molecule has 2 saturated carbocycles. The Labute approximate surface area is 206 Å². The molecule has 31 heavy (non-hydrogen) atoms. The van der Waals surface area contributed by atoms with E-state index in [0.717, 1.165) is 43.6 Å². The summed E-state index contributed by atoms with van der Waals surface area (Å²) in [6, 6.07) is 4.71. The SMILES string of the molecule is CCOC1CC(NC(=NCc2nnc(C)n2C)NCCc2cccs2)C12CCCC2.I. The minimum Gasteiger partial charge on any atom is -0.378 e. The molecule has 1 spiro atoms. The zero-order valence-electron chi connectivity index (χ0n) is 18.8. The van der Waals surface area contributed by atoms with E-state index in [0.29, 0.717) is 18.7 Å². The molecule has 4 rings (SSSR count). The number of ether oxygens (including phenoxy) is 1. The van der Waals surface area contributed by atoms with Crippen LogP contribution in [0.3, 0.4) is 0 Å².